The van der Waals surface area contributed by atoms with Crippen LogP contribution in [0.3, 0.4) is 0 Å². The van der Waals surface area contributed by atoms with E-state index in [0.29, 0.717) is 0 Å². The standard InChI is InChI=1S/C14H19ClO/c1-13(2,3)14(10-16-14)9-8-11-4-6-12(15)7-5-11/h4-7H,8-10H2,1-3H3/t14-/m0/s1. The van der Waals surface area contributed by atoms with Gasteiger partial charge in [0.1, 0.15) is 0 Å². The molecule has 1 aromatic rings. The number of benzene rings is 1. The van der Waals surface area contributed by atoms with Crippen molar-refractivity contribution in [3.63, 3.8) is 0 Å². The zero-order valence-electron chi connectivity index (χ0n) is 10.2. The maximum atomic E-state index is 5.86. The summed E-state index contributed by atoms with van der Waals surface area (Å²) in [6.07, 6.45) is 2.16. The number of hydrogen-bond acceptors (Lipinski definition) is 1. The summed E-state index contributed by atoms with van der Waals surface area (Å²) < 4.78 is 5.68. The van der Waals surface area contributed by atoms with Gasteiger partial charge in [-0.3, -0.25) is 0 Å². The lowest BCUT2D eigenvalue weighted by molar-refractivity contribution is 0.145. The van der Waals surface area contributed by atoms with Gasteiger partial charge in [-0.25, -0.2) is 0 Å². The van der Waals surface area contributed by atoms with E-state index in [1.807, 2.05) is 12.1 Å². The molecular weight excluding hydrogens is 220 g/mol. The Morgan fingerprint density at radius 3 is 2.25 bits per heavy atom. The summed E-state index contributed by atoms with van der Waals surface area (Å²) in [4.78, 5) is 0. The Morgan fingerprint density at radius 1 is 1.25 bits per heavy atom. The second-order valence-corrected chi connectivity index (χ2v) is 6.10. The number of halogens is 1. The molecule has 0 radical (unpaired) electrons. The maximum Gasteiger partial charge on any atom is 0.0967 e. The van der Waals surface area contributed by atoms with Gasteiger partial charge in [0.25, 0.3) is 0 Å². The summed E-state index contributed by atoms with van der Waals surface area (Å²) in [6.45, 7) is 7.66. The largest absolute Gasteiger partial charge is 0.369 e. The first-order valence-corrected chi connectivity index (χ1v) is 6.19. The molecule has 0 amide bonds. The van der Waals surface area contributed by atoms with E-state index in [2.05, 4.69) is 32.9 Å². The molecule has 1 aliphatic rings. The summed E-state index contributed by atoms with van der Waals surface area (Å²) in [7, 11) is 0. The van der Waals surface area contributed by atoms with Crippen LogP contribution in [0.4, 0.5) is 0 Å². The highest BCUT2D eigenvalue weighted by Crippen LogP contribution is 2.47. The zero-order valence-corrected chi connectivity index (χ0v) is 11.0. The second kappa shape index (κ2) is 4.05. The molecule has 1 atom stereocenters. The molecule has 0 saturated carbocycles. The third kappa shape index (κ3) is 2.41. The third-order valence-electron chi connectivity index (χ3n) is 3.59. The van der Waals surface area contributed by atoms with Crippen LogP contribution in [0.2, 0.25) is 5.02 Å². The number of hydrogen-bond donors (Lipinski definition) is 0. The van der Waals surface area contributed by atoms with E-state index >= 15 is 0 Å². The summed E-state index contributed by atoms with van der Waals surface area (Å²) in [5.74, 6) is 0. The lowest BCUT2D eigenvalue weighted by atomic mass is 9.77. The predicted octanol–water partition coefficient (Wildman–Crippen LogP) is 4.09. The first-order chi connectivity index (χ1) is 7.43. The fourth-order valence-corrected chi connectivity index (χ4v) is 2.16. The maximum absolute atomic E-state index is 5.86. The highest BCUT2D eigenvalue weighted by Gasteiger charge is 2.53. The van der Waals surface area contributed by atoms with E-state index in [-0.39, 0.29) is 11.0 Å². The van der Waals surface area contributed by atoms with Crippen molar-refractivity contribution in [2.75, 3.05) is 6.61 Å². The fourth-order valence-electron chi connectivity index (χ4n) is 2.04. The van der Waals surface area contributed by atoms with E-state index in [0.717, 1.165) is 24.5 Å². The molecular formula is C14H19ClO. The Balaban J connectivity index is 1.96. The van der Waals surface area contributed by atoms with Crippen molar-refractivity contribution in [3.05, 3.63) is 34.9 Å². The molecule has 0 aliphatic carbocycles. The Hall–Kier alpha value is -0.530. The second-order valence-electron chi connectivity index (χ2n) is 5.66. The van der Waals surface area contributed by atoms with Gasteiger partial charge >= 0.3 is 0 Å². The van der Waals surface area contributed by atoms with Gasteiger partial charge in [0.05, 0.1) is 12.2 Å². The predicted molar refractivity (Wildman–Crippen MR) is 67.9 cm³/mol. The van der Waals surface area contributed by atoms with Crippen molar-refractivity contribution in [2.24, 2.45) is 5.41 Å². The summed E-state index contributed by atoms with van der Waals surface area (Å²) in [5.41, 5.74) is 1.68. The van der Waals surface area contributed by atoms with E-state index < -0.39 is 0 Å². The van der Waals surface area contributed by atoms with Crippen LogP contribution in [-0.2, 0) is 11.2 Å². The van der Waals surface area contributed by atoms with Gasteiger partial charge in [0, 0.05) is 5.02 Å². The first-order valence-electron chi connectivity index (χ1n) is 5.81. The molecule has 1 heterocycles. The van der Waals surface area contributed by atoms with Crippen molar-refractivity contribution in [1.29, 1.82) is 0 Å². The highest BCUT2D eigenvalue weighted by molar-refractivity contribution is 6.30. The SMILES string of the molecule is CC(C)(C)[C@]1(CCc2ccc(Cl)cc2)CO1. The molecule has 1 nitrogen and oxygen atoms in total. The third-order valence-corrected chi connectivity index (χ3v) is 3.84. The molecule has 0 bridgehead atoms. The smallest absolute Gasteiger partial charge is 0.0967 e. The average molecular weight is 239 g/mol. The first kappa shape index (κ1) is 11.9. The Morgan fingerprint density at radius 2 is 1.81 bits per heavy atom. The van der Waals surface area contributed by atoms with Crippen LogP contribution in [0, 0.1) is 5.41 Å². The molecule has 1 aliphatic heterocycles. The Kier molecular flexibility index (Phi) is 3.02. The molecule has 88 valence electrons. The van der Waals surface area contributed by atoms with E-state index in [1.54, 1.807) is 0 Å². The minimum Gasteiger partial charge on any atom is -0.369 e. The molecule has 1 aromatic carbocycles. The quantitative estimate of drug-likeness (QED) is 0.723. The minimum atomic E-state index is 0.104. The number of ether oxygens (including phenoxy) is 1. The highest BCUT2D eigenvalue weighted by atomic mass is 35.5. The summed E-state index contributed by atoms with van der Waals surface area (Å²) >= 11 is 5.86. The van der Waals surface area contributed by atoms with Crippen molar-refractivity contribution >= 4 is 11.6 Å². The van der Waals surface area contributed by atoms with Crippen molar-refractivity contribution in [1.82, 2.24) is 0 Å². The van der Waals surface area contributed by atoms with Crippen LogP contribution < -0.4 is 0 Å². The van der Waals surface area contributed by atoms with Crippen LogP contribution in [0.1, 0.15) is 32.8 Å². The van der Waals surface area contributed by atoms with Crippen molar-refractivity contribution < 1.29 is 4.74 Å². The van der Waals surface area contributed by atoms with Gasteiger partial charge in [-0.05, 0) is 36.0 Å². The van der Waals surface area contributed by atoms with Crippen LogP contribution in [0.5, 0.6) is 0 Å². The lowest BCUT2D eigenvalue weighted by Crippen LogP contribution is -2.30. The van der Waals surface area contributed by atoms with Gasteiger partial charge in [0.15, 0.2) is 0 Å². The molecule has 2 rings (SSSR count). The molecule has 1 saturated heterocycles. The monoisotopic (exact) mass is 238 g/mol. The topological polar surface area (TPSA) is 12.5 Å². The molecule has 0 unspecified atom stereocenters. The van der Waals surface area contributed by atoms with Crippen LogP contribution in [0.15, 0.2) is 24.3 Å². The summed E-state index contributed by atoms with van der Waals surface area (Å²) in [5, 5.41) is 0.803. The van der Waals surface area contributed by atoms with Crippen molar-refractivity contribution in [3.8, 4) is 0 Å². The van der Waals surface area contributed by atoms with Gasteiger partial charge in [-0.15, -0.1) is 0 Å². The van der Waals surface area contributed by atoms with Crippen LogP contribution in [0.25, 0.3) is 0 Å². The van der Waals surface area contributed by atoms with Gasteiger partial charge < -0.3 is 4.74 Å². The van der Waals surface area contributed by atoms with E-state index in [1.165, 1.54) is 5.56 Å². The number of aryl methyl sites for hydroxylation is 1. The van der Waals surface area contributed by atoms with Gasteiger partial charge in [-0.1, -0.05) is 44.5 Å². The van der Waals surface area contributed by atoms with Gasteiger partial charge in [0.2, 0.25) is 0 Å². The molecule has 16 heavy (non-hydrogen) atoms. The molecule has 2 heteroatoms. The normalized spacial score (nSPS) is 24.5. The molecule has 0 N–H and O–H groups in total. The molecule has 0 spiro atoms. The summed E-state index contributed by atoms with van der Waals surface area (Å²) in [6, 6.07) is 8.10. The number of epoxide rings is 1. The Labute approximate surface area is 103 Å². The minimum absolute atomic E-state index is 0.104. The molecule has 1 fully saturated rings. The van der Waals surface area contributed by atoms with Crippen molar-refractivity contribution in [2.45, 2.75) is 39.2 Å². The zero-order chi connectivity index (χ0) is 11.8. The fraction of sp³-hybridized carbons (Fsp3) is 0.571. The van der Waals surface area contributed by atoms with E-state index in [9.17, 15) is 0 Å². The van der Waals surface area contributed by atoms with Gasteiger partial charge in [-0.2, -0.15) is 0 Å². The Bertz CT molecular complexity index is 357. The van der Waals surface area contributed by atoms with Crippen LogP contribution in [-0.4, -0.2) is 12.2 Å². The van der Waals surface area contributed by atoms with Crippen LogP contribution >= 0.6 is 11.6 Å². The lowest BCUT2D eigenvalue weighted by Gasteiger charge is -2.27. The van der Waals surface area contributed by atoms with E-state index in [4.69, 9.17) is 16.3 Å². The molecule has 0 aromatic heterocycles. The average Bonchev–Trinajstić information content (AvgIpc) is 2.97. The number of rotatable bonds is 3.